The Labute approximate surface area is 220 Å². The summed E-state index contributed by atoms with van der Waals surface area (Å²) in [7, 11) is 0. The van der Waals surface area contributed by atoms with Crippen molar-refractivity contribution in [2.24, 2.45) is 0 Å². The molecule has 4 aromatic rings. The number of aromatic nitrogens is 3. The minimum absolute atomic E-state index is 0.0133. The number of anilines is 2. The smallest absolute Gasteiger partial charge is 0.253 e. The molecule has 1 aliphatic heterocycles. The number of aromatic amines is 1. The van der Waals surface area contributed by atoms with Gasteiger partial charge in [-0.25, -0.2) is 4.98 Å². The topological polar surface area (TPSA) is 115 Å². The lowest BCUT2D eigenvalue weighted by Gasteiger charge is -2.34. The van der Waals surface area contributed by atoms with Gasteiger partial charge in [-0.15, -0.1) is 0 Å². The average molecular weight is 514 g/mol. The Hall–Kier alpha value is -4.44. The molecule has 196 valence electrons. The quantitative estimate of drug-likeness (QED) is 0.350. The SMILES string of the molecule is CC(C)NC(=O)CN1CCN(C(=O)c2ccc(Nc3ccc(-c4cc[nH]c(=O)c4)n4ccnc34)cc2)CC1. The number of fused-ring (bicyclic) bond motifs is 1. The summed E-state index contributed by atoms with van der Waals surface area (Å²) < 4.78 is 1.93. The number of amides is 2. The molecule has 0 saturated carbocycles. The van der Waals surface area contributed by atoms with Gasteiger partial charge in [0.05, 0.1) is 17.9 Å². The zero-order valence-electron chi connectivity index (χ0n) is 21.5. The van der Waals surface area contributed by atoms with Crippen LogP contribution in [-0.4, -0.2) is 74.7 Å². The summed E-state index contributed by atoms with van der Waals surface area (Å²) in [5.41, 5.74) is 4.47. The number of carbonyl (C=O) groups excluding carboxylic acids is 2. The number of rotatable bonds is 7. The van der Waals surface area contributed by atoms with Crippen LogP contribution in [0, 0.1) is 0 Å². The lowest BCUT2D eigenvalue weighted by molar-refractivity contribution is -0.123. The molecule has 0 bridgehead atoms. The van der Waals surface area contributed by atoms with E-state index in [0.29, 0.717) is 38.3 Å². The fraction of sp³-hybridized carbons (Fsp3) is 0.286. The van der Waals surface area contributed by atoms with Crippen molar-refractivity contribution in [3.63, 3.8) is 0 Å². The molecule has 1 aromatic carbocycles. The van der Waals surface area contributed by atoms with Crippen molar-refractivity contribution in [1.29, 1.82) is 0 Å². The maximum absolute atomic E-state index is 13.0. The van der Waals surface area contributed by atoms with Crippen molar-refractivity contribution in [1.82, 2.24) is 29.5 Å². The highest BCUT2D eigenvalue weighted by molar-refractivity contribution is 5.95. The first-order valence-corrected chi connectivity index (χ1v) is 12.7. The molecule has 10 heteroatoms. The van der Waals surface area contributed by atoms with Crippen molar-refractivity contribution in [3.8, 4) is 11.3 Å². The highest BCUT2D eigenvalue weighted by Crippen LogP contribution is 2.27. The average Bonchev–Trinajstić information content (AvgIpc) is 3.39. The summed E-state index contributed by atoms with van der Waals surface area (Å²) in [5, 5.41) is 6.29. The standard InChI is InChI=1S/C28H31N7O3/c1-19(2)31-26(37)18-33-13-15-34(16-14-33)28(38)20-3-5-22(6-4-20)32-23-7-8-24(35-12-11-30-27(23)35)21-9-10-29-25(36)17-21/h3-12,17,19,32H,13-16,18H2,1-2H3,(H,29,36)(H,31,37). The number of imidazole rings is 1. The molecule has 1 aliphatic rings. The van der Waals surface area contributed by atoms with Crippen molar-refractivity contribution >= 4 is 28.8 Å². The van der Waals surface area contributed by atoms with E-state index in [4.69, 9.17) is 0 Å². The maximum atomic E-state index is 13.0. The minimum Gasteiger partial charge on any atom is -0.353 e. The van der Waals surface area contributed by atoms with E-state index in [1.54, 1.807) is 18.5 Å². The van der Waals surface area contributed by atoms with Crippen LogP contribution in [0.4, 0.5) is 11.4 Å². The number of pyridine rings is 2. The lowest BCUT2D eigenvalue weighted by Crippen LogP contribution is -2.51. The van der Waals surface area contributed by atoms with Gasteiger partial charge < -0.3 is 20.5 Å². The molecular formula is C28H31N7O3. The van der Waals surface area contributed by atoms with E-state index < -0.39 is 0 Å². The fourth-order valence-corrected chi connectivity index (χ4v) is 4.67. The molecule has 1 saturated heterocycles. The third-order valence-electron chi connectivity index (χ3n) is 6.51. The first-order valence-electron chi connectivity index (χ1n) is 12.7. The molecule has 0 spiro atoms. The molecule has 1 fully saturated rings. The van der Waals surface area contributed by atoms with Gasteiger partial charge in [0.25, 0.3) is 5.91 Å². The van der Waals surface area contributed by atoms with Crippen LogP contribution in [0.2, 0.25) is 0 Å². The molecule has 0 radical (unpaired) electrons. The summed E-state index contributed by atoms with van der Waals surface area (Å²) >= 11 is 0. The Bertz CT molecular complexity index is 1500. The number of H-pyrrole nitrogens is 1. The Morgan fingerprint density at radius 3 is 2.50 bits per heavy atom. The molecular weight excluding hydrogens is 482 g/mol. The van der Waals surface area contributed by atoms with Gasteiger partial charge in [0.15, 0.2) is 5.65 Å². The molecule has 38 heavy (non-hydrogen) atoms. The van der Waals surface area contributed by atoms with E-state index in [2.05, 4.69) is 25.5 Å². The van der Waals surface area contributed by atoms with Crippen molar-refractivity contribution in [3.05, 3.63) is 83.0 Å². The lowest BCUT2D eigenvalue weighted by atomic mass is 10.1. The second kappa shape index (κ2) is 10.9. The third kappa shape index (κ3) is 5.60. The van der Waals surface area contributed by atoms with Gasteiger partial charge in [0, 0.05) is 73.7 Å². The van der Waals surface area contributed by atoms with E-state index in [9.17, 15) is 14.4 Å². The number of nitrogens with zero attached hydrogens (tertiary/aromatic N) is 4. The molecule has 3 aromatic heterocycles. The predicted molar refractivity (Wildman–Crippen MR) is 147 cm³/mol. The molecule has 3 N–H and O–H groups in total. The number of carbonyl (C=O) groups is 2. The van der Waals surface area contributed by atoms with Gasteiger partial charge in [-0.2, -0.15) is 0 Å². The van der Waals surface area contributed by atoms with Crippen LogP contribution in [-0.2, 0) is 4.79 Å². The van der Waals surface area contributed by atoms with Crippen molar-refractivity contribution < 1.29 is 9.59 Å². The van der Waals surface area contributed by atoms with Crippen LogP contribution < -0.4 is 16.2 Å². The highest BCUT2D eigenvalue weighted by Gasteiger charge is 2.23. The highest BCUT2D eigenvalue weighted by atomic mass is 16.2. The van der Waals surface area contributed by atoms with Gasteiger partial charge in [-0.3, -0.25) is 23.7 Å². The number of nitrogens with one attached hydrogen (secondary N) is 3. The minimum atomic E-state index is -0.163. The van der Waals surface area contributed by atoms with Gasteiger partial charge in [0.1, 0.15) is 0 Å². The number of hydrogen-bond acceptors (Lipinski definition) is 6. The molecule has 2 amide bonds. The first kappa shape index (κ1) is 25.2. The summed E-state index contributed by atoms with van der Waals surface area (Å²) in [6.07, 6.45) is 5.20. The zero-order chi connectivity index (χ0) is 26.6. The Morgan fingerprint density at radius 2 is 1.79 bits per heavy atom. The van der Waals surface area contributed by atoms with E-state index >= 15 is 0 Å². The molecule has 0 unspecified atom stereocenters. The normalized spacial score (nSPS) is 14.1. The maximum Gasteiger partial charge on any atom is 0.253 e. The largest absolute Gasteiger partial charge is 0.353 e. The van der Waals surface area contributed by atoms with Crippen molar-refractivity contribution in [2.45, 2.75) is 19.9 Å². The third-order valence-corrected chi connectivity index (χ3v) is 6.51. The van der Waals surface area contributed by atoms with Gasteiger partial charge in [-0.05, 0) is 56.3 Å². The second-order valence-electron chi connectivity index (χ2n) is 9.69. The van der Waals surface area contributed by atoms with Crippen LogP contribution in [0.15, 0.2) is 71.9 Å². The molecule has 0 atom stereocenters. The molecule has 10 nitrogen and oxygen atoms in total. The Kier molecular flexibility index (Phi) is 7.23. The van der Waals surface area contributed by atoms with E-state index in [0.717, 1.165) is 28.3 Å². The summed E-state index contributed by atoms with van der Waals surface area (Å²) in [6, 6.07) is 14.8. The monoisotopic (exact) mass is 513 g/mol. The van der Waals surface area contributed by atoms with E-state index in [-0.39, 0.29) is 23.4 Å². The Balaban J connectivity index is 1.23. The number of benzene rings is 1. The first-order chi connectivity index (χ1) is 18.4. The summed E-state index contributed by atoms with van der Waals surface area (Å²) in [6.45, 7) is 6.76. The van der Waals surface area contributed by atoms with E-state index in [1.807, 2.05) is 71.8 Å². The Morgan fingerprint density at radius 1 is 1.03 bits per heavy atom. The van der Waals surface area contributed by atoms with Crippen LogP contribution in [0.25, 0.3) is 16.9 Å². The zero-order valence-corrected chi connectivity index (χ0v) is 21.5. The van der Waals surface area contributed by atoms with E-state index in [1.165, 1.54) is 0 Å². The van der Waals surface area contributed by atoms with Crippen molar-refractivity contribution in [2.75, 3.05) is 38.0 Å². The molecule has 0 aliphatic carbocycles. The predicted octanol–water partition coefficient (Wildman–Crippen LogP) is 2.72. The number of hydrogen-bond donors (Lipinski definition) is 3. The van der Waals surface area contributed by atoms with Crippen LogP contribution in [0.1, 0.15) is 24.2 Å². The second-order valence-corrected chi connectivity index (χ2v) is 9.69. The fourth-order valence-electron chi connectivity index (χ4n) is 4.67. The number of piperazine rings is 1. The van der Waals surface area contributed by atoms with Gasteiger partial charge in [0.2, 0.25) is 11.5 Å². The van der Waals surface area contributed by atoms with Crippen LogP contribution >= 0.6 is 0 Å². The van der Waals surface area contributed by atoms with Gasteiger partial charge in [-0.1, -0.05) is 0 Å². The van der Waals surface area contributed by atoms with Crippen LogP contribution in [0.3, 0.4) is 0 Å². The summed E-state index contributed by atoms with van der Waals surface area (Å²) in [5.74, 6) is 0.00104. The van der Waals surface area contributed by atoms with Gasteiger partial charge >= 0.3 is 0 Å². The molecule has 5 rings (SSSR count). The molecule has 4 heterocycles. The van der Waals surface area contributed by atoms with Crippen LogP contribution in [0.5, 0.6) is 0 Å². The summed E-state index contributed by atoms with van der Waals surface area (Å²) in [4.78, 5) is 47.9.